The Morgan fingerprint density at radius 1 is 1.25 bits per heavy atom. The number of benzene rings is 1. The average Bonchev–Trinajstić information content (AvgIpc) is 2.28. The number of rotatable bonds is 3. The quantitative estimate of drug-likeness (QED) is 0.830. The van der Waals surface area contributed by atoms with Gasteiger partial charge in [0.15, 0.2) is 0 Å². The van der Waals surface area contributed by atoms with Gasteiger partial charge in [-0.2, -0.15) is 0 Å². The van der Waals surface area contributed by atoms with Crippen molar-refractivity contribution >= 4 is 11.4 Å². The number of hydrogen-bond acceptors (Lipinski definition) is 3. The van der Waals surface area contributed by atoms with E-state index < -0.39 is 0 Å². The number of nitrogens with two attached hydrogens (primary N) is 1. The summed E-state index contributed by atoms with van der Waals surface area (Å²) in [5.41, 5.74) is 7.56. The lowest BCUT2D eigenvalue weighted by Gasteiger charge is -2.07. The van der Waals surface area contributed by atoms with Gasteiger partial charge < -0.3 is 11.1 Å². The second-order valence-electron chi connectivity index (χ2n) is 3.45. The minimum absolute atomic E-state index is 0.216. The van der Waals surface area contributed by atoms with Crippen LogP contribution in [0, 0.1) is 5.82 Å². The van der Waals surface area contributed by atoms with Crippen LogP contribution in [0.15, 0.2) is 42.7 Å². The fourth-order valence-corrected chi connectivity index (χ4v) is 1.39. The van der Waals surface area contributed by atoms with Gasteiger partial charge in [-0.05, 0) is 12.1 Å². The summed E-state index contributed by atoms with van der Waals surface area (Å²) in [5, 5.41) is 3.06. The minimum Gasteiger partial charge on any atom is -0.397 e. The summed E-state index contributed by atoms with van der Waals surface area (Å²) in [6.45, 7) is 0.414. The van der Waals surface area contributed by atoms with E-state index in [0.29, 0.717) is 17.8 Å². The Morgan fingerprint density at radius 3 is 2.81 bits per heavy atom. The Balaban J connectivity index is 2.05. The van der Waals surface area contributed by atoms with Gasteiger partial charge in [0.25, 0.3) is 0 Å². The lowest BCUT2D eigenvalue weighted by atomic mass is 10.2. The zero-order chi connectivity index (χ0) is 11.4. The highest BCUT2D eigenvalue weighted by molar-refractivity contribution is 5.51. The fourth-order valence-electron chi connectivity index (χ4n) is 1.39. The molecule has 16 heavy (non-hydrogen) atoms. The second kappa shape index (κ2) is 4.61. The van der Waals surface area contributed by atoms with Crippen molar-refractivity contribution in [2.24, 2.45) is 0 Å². The molecule has 4 heteroatoms. The topological polar surface area (TPSA) is 50.9 Å². The number of nitrogens with zero attached hydrogens (tertiary/aromatic N) is 1. The molecule has 1 aromatic carbocycles. The van der Waals surface area contributed by atoms with Crippen molar-refractivity contribution < 1.29 is 4.39 Å². The van der Waals surface area contributed by atoms with Crippen LogP contribution in [0.25, 0.3) is 0 Å². The lowest BCUT2D eigenvalue weighted by molar-refractivity contribution is 0.613. The first-order chi connectivity index (χ1) is 7.75. The van der Waals surface area contributed by atoms with Crippen LogP contribution in [0.4, 0.5) is 15.8 Å². The van der Waals surface area contributed by atoms with Gasteiger partial charge in [0, 0.05) is 18.3 Å². The number of pyridine rings is 1. The summed E-state index contributed by atoms with van der Waals surface area (Å²) in [4.78, 5) is 3.94. The first kappa shape index (κ1) is 10.4. The molecule has 0 spiro atoms. The highest BCUT2D eigenvalue weighted by Gasteiger charge is 2.00. The SMILES string of the molecule is Nc1cncc(NCc2ccccc2F)c1. The predicted molar refractivity (Wildman–Crippen MR) is 62.4 cm³/mol. The fraction of sp³-hybridized carbons (Fsp3) is 0.0833. The van der Waals surface area contributed by atoms with E-state index in [1.807, 2.05) is 0 Å². The molecule has 2 rings (SSSR count). The van der Waals surface area contributed by atoms with Crippen molar-refractivity contribution in [1.82, 2.24) is 4.98 Å². The lowest BCUT2D eigenvalue weighted by Crippen LogP contribution is -2.02. The molecule has 0 aliphatic carbocycles. The van der Waals surface area contributed by atoms with Crippen LogP contribution in [-0.2, 0) is 6.54 Å². The Kier molecular flexibility index (Phi) is 3.00. The van der Waals surface area contributed by atoms with Crippen LogP contribution in [0.3, 0.4) is 0 Å². The van der Waals surface area contributed by atoms with Crippen molar-refractivity contribution in [3.63, 3.8) is 0 Å². The molecular formula is C12H12FN3. The number of hydrogen-bond donors (Lipinski definition) is 2. The van der Waals surface area contributed by atoms with Crippen LogP contribution in [-0.4, -0.2) is 4.98 Å². The van der Waals surface area contributed by atoms with Gasteiger partial charge in [0.2, 0.25) is 0 Å². The summed E-state index contributed by atoms with van der Waals surface area (Å²) < 4.78 is 13.3. The van der Waals surface area contributed by atoms with Crippen molar-refractivity contribution in [1.29, 1.82) is 0 Å². The molecule has 0 aliphatic heterocycles. The molecule has 0 radical (unpaired) electrons. The molecule has 1 aromatic heterocycles. The first-order valence-electron chi connectivity index (χ1n) is 4.93. The summed E-state index contributed by atoms with van der Waals surface area (Å²) in [6, 6.07) is 8.41. The maximum Gasteiger partial charge on any atom is 0.128 e. The highest BCUT2D eigenvalue weighted by Crippen LogP contribution is 2.12. The van der Waals surface area contributed by atoms with Gasteiger partial charge in [-0.1, -0.05) is 18.2 Å². The smallest absolute Gasteiger partial charge is 0.128 e. The molecule has 3 nitrogen and oxygen atoms in total. The molecule has 1 heterocycles. The largest absolute Gasteiger partial charge is 0.397 e. The maximum atomic E-state index is 13.3. The molecule has 0 amide bonds. The molecular weight excluding hydrogens is 205 g/mol. The van der Waals surface area contributed by atoms with E-state index in [2.05, 4.69) is 10.3 Å². The van der Waals surface area contributed by atoms with Crippen LogP contribution < -0.4 is 11.1 Å². The van der Waals surface area contributed by atoms with Gasteiger partial charge in [0.05, 0.1) is 17.6 Å². The van der Waals surface area contributed by atoms with Crippen molar-refractivity contribution in [3.8, 4) is 0 Å². The molecule has 0 saturated carbocycles. The Labute approximate surface area is 93.1 Å². The van der Waals surface area contributed by atoms with Crippen LogP contribution >= 0.6 is 0 Å². The van der Waals surface area contributed by atoms with Crippen molar-refractivity contribution in [2.45, 2.75) is 6.54 Å². The molecule has 0 atom stereocenters. The number of nitrogens with one attached hydrogen (secondary N) is 1. The third kappa shape index (κ3) is 2.48. The summed E-state index contributed by atoms with van der Waals surface area (Å²) in [6.07, 6.45) is 3.21. The second-order valence-corrected chi connectivity index (χ2v) is 3.45. The van der Waals surface area contributed by atoms with Crippen LogP contribution in [0.5, 0.6) is 0 Å². The molecule has 3 N–H and O–H groups in total. The zero-order valence-electron chi connectivity index (χ0n) is 8.65. The van der Waals surface area contributed by atoms with Gasteiger partial charge in [-0.25, -0.2) is 4.39 Å². The number of nitrogen functional groups attached to an aromatic ring is 1. The van der Waals surface area contributed by atoms with Crippen LogP contribution in [0.2, 0.25) is 0 Å². The van der Waals surface area contributed by atoms with Crippen molar-refractivity contribution in [2.75, 3.05) is 11.1 Å². The standard InChI is InChI=1S/C12H12FN3/c13-12-4-2-1-3-9(12)6-16-11-5-10(14)7-15-8-11/h1-5,7-8,16H,6,14H2. The zero-order valence-corrected chi connectivity index (χ0v) is 8.65. The van der Waals surface area contributed by atoms with Gasteiger partial charge in [0.1, 0.15) is 5.82 Å². The van der Waals surface area contributed by atoms with Crippen LogP contribution in [0.1, 0.15) is 5.56 Å². The summed E-state index contributed by atoms with van der Waals surface area (Å²) in [7, 11) is 0. The molecule has 0 fully saturated rings. The van der Waals surface area contributed by atoms with E-state index in [1.165, 1.54) is 6.07 Å². The maximum absolute atomic E-state index is 13.3. The average molecular weight is 217 g/mol. The van der Waals surface area contributed by atoms with Gasteiger partial charge >= 0.3 is 0 Å². The van der Waals surface area contributed by atoms with E-state index in [-0.39, 0.29) is 5.82 Å². The third-order valence-corrected chi connectivity index (χ3v) is 2.20. The molecule has 0 saturated heterocycles. The highest BCUT2D eigenvalue weighted by atomic mass is 19.1. The molecule has 0 aliphatic rings. The number of anilines is 2. The molecule has 0 bridgehead atoms. The van der Waals surface area contributed by atoms with E-state index in [1.54, 1.807) is 36.7 Å². The number of aromatic nitrogens is 1. The Bertz CT molecular complexity index is 485. The van der Waals surface area contributed by atoms with E-state index in [4.69, 9.17) is 5.73 Å². The molecule has 0 unspecified atom stereocenters. The Hall–Kier alpha value is -2.10. The summed E-state index contributed by atoms with van der Waals surface area (Å²) in [5.74, 6) is -0.216. The predicted octanol–water partition coefficient (Wildman–Crippen LogP) is 2.42. The van der Waals surface area contributed by atoms with E-state index >= 15 is 0 Å². The van der Waals surface area contributed by atoms with Gasteiger partial charge in [-0.3, -0.25) is 4.98 Å². The minimum atomic E-state index is -0.216. The van der Waals surface area contributed by atoms with Crippen molar-refractivity contribution in [3.05, 3.63) is 54.1 Å². The third-order valence-electron chi connectivity index (χ3n) is 2.20. The monoisotopic (exact) mass is 217 g/mol. The van der Waals surface area contributed by atoms with E-state index in [0.717, 1.165) is 5.69 Å². The Morgan fingerprint density at radius 2 is 2.06 bits per heavy atom. The van der Waals surface area contributed by atoms with E-state index in [9.17, 15) is 4.39 Å². The normalized spacial score (nSPS) is 10.1. The first-order valence-corrected chi connectivity index (χ1v) is 4.93. The molecule has 2 aromatic rings. The summed E-state index contributed by atoms with van der Waals surface area (Å²) >= 11 is 0. The number of halogens is 1. The molecule has 82 valence electrons. The van der Waals surface area contributed by atoms with Gasteiger partial charge in [-0.15, -0.1) is 0 Å².